The van der Waals surface area contributed by atoms with Crippen LogP contribution in [0.4, 0.5) is 8.78 Å². The Bertz CT molecular complexity index is 1290. The maximum absolute atomic E-state index is 15.0. The molecule has 0 saturated heterocycles. The van der Waals surface area contributed by atoms with Crippen molar-refractivity contribution < 1.29 is 17.8 Å². The second-order valence-electron chi connectivity index (χ2n) is 8.57. The molecule has 2 aromatic rings. The molecule has 0 amide bonds. The van der Waals surface area contributed by atoms with E-state index in [1.165, 1.54) is 12.1 Å². The molecule has 3 atom stereocenters. The van der Waals surface area contributed by atoms with E-state index >= 15 is 4.39 Å². The largest absolute Gasteiger partial charge is 0.386 e. The standard InChI is InChI=1S/C21H22ClF2N5O2S/c1-20(2)19(25)29-21(3,16-6-7-27-32(16,20)31)18-14(24)5-4-12(28-18)9-15(30)17-13(22)8-11(23)10-26-17/h4-5,8,10,16H,6-7,9H2,1-3H3,(H2,25,29)/t16-,21-,32-/m0/s1. The summed E-state index contributed by atoms with van der Waals surface area (Å²) in [5, 5.41) is -0.707. The maximum atomic E-state index is 15.0. The van der Waals surface area contributed by atoms with E-state index < -0.39 is 42.7 Å². The van der Waals surface area contributed by atoms with E-state index in [4.69, 9.17) is 17.3 Å². The van der Waals surface area contributed by atoms with Crippen molar-refractivity contribution in [2.75, 3.05) is 6.54 Å². The number of nitrogens with zero attached hydrogens (tertiary/aromatic N) is 4. The molecule has 2 aliphatic heterocycles. The molecular weight excluding hydrogens is 460 g/mol. The molecule has 0 bridgehead atoms. The van der Waals surface area contributed by atoms with Gasteiger partial charge in [0.25, 0.3) is 0 Å². The van der Waals surface area contributed by atoms with Crippen molar-refractivity contribution in [2.45, 2.75) is 49.1 Å². The average molecular weight is 482 g/mol. The van der Waals surface area contributed by atoms with Gasteiger partial charge in [-0.1, -0.05) is 11.6 Å². The highest BCUT2D eigenvalue weighted by atomic mass is 35.5. The number of Topliss-reactive ketones (excluding diaryl/α,β-unsaturated/α-hetero) is 1. The lowest BCUT2D eigenvalue weighted by molar-refractivity contribution is 0.0987. The summed E-state index contributed by atoms with van der Waals surface area (Å²) >= 11 is 5.93. The van der Waals surface area contributed by atoms with Gasteiger partial charge in [-0.25, -0.2) is 22.3 Å². The molecule has 170 valence electrons. The number of halogens is 3. The number of hydrogen-bond donors (Lipinski definition) is 1. The Morgan fingerprint density at radius 1 is 1.31 bits per heavy atom. The number of pyridine rings is 2. The minimum atomic E-state index is -2.85. The lowest BCUT2D eigenvalue weighted by Crippen LogP contribution is -2.58. The van der Waals surface area contributed by atoms with E-state index in [0.29, 0.717) is 13.0 Å². The summed E-state index contributed by atoms with van der Waals surface area (Å²) in [4.78, 5) is 25.4. The van der Waals surface area contributed by atoms with E-state index in [2.05, 4.69) is 19.3 Å². The molecule has 0 aliphatic carbocycles. The van der Waals surface area contributed by atoms with Gasteiger partial charge in [-0.2, -0.15) is 0 Å². The Morgan fingerprint density at radius 2 is 2.03 bits per heavy atom. The quantitative estimate of drug-likeness (QED) is 0.672. The van der Waals surface area contributed by atoms with Crippen molar-refractivity contribution in [1.82, 2.24) is 9.97 Å². The molecule has 0 spiro atoms. The van der Waals surface area contributed by atoms with Crippen LogP contribution >= 0.6 is 11.6 Å². The van der Waals surface area contributed by atoms with Gasteiger partial charge in [-0.15, -0.1) is 0 Å². The van der Waals surface area contributed by atoms with Gasteiger partial charge in [-0.3, -0.25) is 14.8 Å². The molecule has 0 saturated carbocycles. The van der Waals surface area contributed by atoms with Crippen molar-refractivity contribution in [2.24, 2.45) is 15.1 Å². The smallest absolute Gasteiger partial charge is 0.188 e. The number of rotatable bonds is 4. The van der Waals surface area contributed by atoms with Gasteiger partial charge in [0, 0.05) is 12.2 Å². The summed E-state index contributed by atoms with van der Waals surface area (Å²) in [6.45, 7) is 5.47. The highest BCUT2D eigenvalue weighted by Crippen LogP contribution is 2.47. The van der Waals surface area contributed by atoms with E-state index in [1.807, 2.05) is 0 Å². The Hall–Kier alpha value is -2.46. The van der Waals surface area contributed by atoms with E-state index in [1.54, 1.807) is 20.8 Å². The highest BCUT2D eigenvalue weighted by molar-refractivity contribution is 7.96. The number of fused-ring (bicyclic) bond motifs is 1. The van der Waals surface area contributed by atoms with Crippen LogP contribution in [0.25, 0.3) is 0 Å². The number of carbonyl (C=O) groups is 1. The SMILES string of the molecule is CC1(C)C(N)=N[C@](C)(c2nc(CC(=O)c3ncc(F)cc3Cl)ccc2F)[C@@H]2CCN=[S@]21=O. The third-order valence-electron chi connectivity index (χ3n) is 6.18. The zero-order valence-corrected chi connectivity index (χ0v) is 19.3. The molecule has 4 heterocycles. The van der Waals surface area contributed by atoms with E-state index in [-0.39, 0.29) is 34.4 Å². The van der Waals surface area contributed by atoms with Gasteiger partial charge in [0.2, 0.25) is 0 Å². The molecule has 2 aromatic heterocycles. The minimum Gasteiger partial charge on any atom is -0.386 e. The lowest BCUT2D eigenvalue weighted by Gasteiger charge is -2.44. The Kier molecular flexibility index (Phi) is 5.36. The van der Waals surface area contributed by atoms with Gasteiger partial charge < -0.3 is 5.73 Å². The third-order valence-corrected chi connectivity index (χ3v) is 10.2. The van der Waals surface area contributed by atoms with Crippen molar-refractivity contribution in [3.63, 3.8) is 0 Å². The zero-order valence-electron chi connectivity index (χ0n) is 17.7. The van der Waals surface area contributed by atoms with Crippen molar-refractivity contribution in [3.05, 3.63) is 58.1 Å². The molecule has 0 radical (unpaired) electrons. The Balaban J connectivity index is 1.76. The van der Waals surface area contributed by atoms with Crippen LogP contribution in [0, 0.1) is 11.6 Å². The molecule has 0 unspecified atom stereocenters. The molecule has 4 rings (SSSR count). The lowest BCUT2D eigenvalue weighted by atomic mass is 9.89. The summed E-state index contributed by atoms with van der Waals surface area (Å²) in [6, 6.07) is 3.55. The number of aliphatic imine (C=N–C) groups is 1. The zero-order chi connectivity index (χ0) is 23.5. The molecule has 0 fully saturated rings. The normalized spacial score (nSPS) is 28.6. The summed E-state index contributed by atoms with van der Waals surface area (Å²) < 4.78 is 45.5. The summed E-state index contributed by atoms with van der Waals surface area (Å²) in [7, 11) is -2.85. The second kappa shape index (κ2) is 7.55. The fourth-order valence-electron chi connectivity index (χ4n) is 4.28. The molecule has 2 N–H and O–H groups in total. The van der Waals surface area contributed by atoms with Crippen LogP contribution in [-0.4, -0.2) is 42.3 Å². The fraction of sp³-hybridized carbons (Fsp3) is 0.429. The van der Waals surface area contributed by atoms with Crippen LogP contribution in [0.1, 0.15) is 49.1 Å². The molecule has 2 aliphatic rings. The molecule has 32 heavy (non-hydrogen) atoms. The first-order chi connectivity index (χ1) is 14.9. The van der Waals surface area contributed by atoms with Gasteiger partial charge >= 0.3 is 0 Å². The number of amidine groups is 1. The van der Waals surface area contributed by atoms with Crippen LogP contribution in [0.15, 0.2) is 33.8 Å². The topological polar surface area (TPSA) is 111 Å². The first-order valence-electron chi connectivity index (χ1n) is 9.97. The van der Waals surface area contributed by atoms with Gasteiger partial charge in [-0.05, 0) is 45.4 Å². The highest BCUT2D eigenvalue weighted by Gasteiger charge is 2.57. The first kappa shape index (κ1) is 22.7. The average Bonchev–Trinajstić information content (AvgIpc) is 3.13. The number of hydrogen-bond acceptors (Lipinski definition) is 7. The van der Waals surface area contributed by atoms with Crippen LogP contribution in [0.2, 0.25) is 5.02 Å². The Morgan fingerprint density at radius 3 is 2.72 bits per heavy atom. The second-order valence-corrected chi connectivity index (χ2v) is 12.0. The molecule has 11 heteroatoms. The van der Waals surface area contributed by atoms with Crippen molar-refractivity contribution in [1.29, 1.82) is 0 Å². The first-order valence-corrected chi connectivity index (χ1v) is 11.9. The maximum Gasteiger partial charge on any atom is 0.188 e. The van der Waals surface area contributed by atoms with Crippen LogP contribution in [-0.2, 0) is 21.7 Å². The molecule has 7 nitrogen and oxygen atoms in total. The van der Waals surface area contributed by atoms with Crippen molar-refractivity contribution >= 4 is 32.9 Å². The van der Waals surface area contributed by atoms with Crippen LogP contribution < -0.4 is 5.73 Å². The predicted molar refractivity (Wildman–Crippen MR) is 118 cm³/mol. The number of carbonyl (C=O) groups excluding carboxylic acids is 1. The molecular formula is C21H22ClF2N5O2S. The van der Waals surface area contributed by atoms with Crippen molar-refractivity contribution in [3.8, 4) is 0 Å². The summed E-state index contributed by atoms with van der Waals surface area (Å²) in [5.41, 5.74) is 4.97. The summed E-state index contributed by atoms with van der Waals surface area (Å²) in [6.07, 6.45) is 1.11. The van der Waals surface area contributed by atoms with Gasteiger partial charge in [0.15, 0.2) is 5.78 Å². The molecule has 0 aromatic carbocycles. The Labute approximate surface area is 189 Å². The summed E-state index contributed by atoms with van der Waals surface area (Å²) in [5.74, 6) is -1.69. The number of aromatic nitrogens is 2. The third kappa shape index (κ3) is 3.31. The van der Waals surface area contributed by atoms with Gasteiger partial charge in [0.05, 0.1) is 32.6 Å². The fourth-order valence-corrected chi connectivity index (χ4v) is 7.69. The minimum absolute atomic E-state index is 0.0470. The monoisotopic (exact) mass is 481 g/mol. The number of nitrogens with two attached hydrogens (primary N) is 1. The van der Waals surface area contributed by atoms with Crippen LogP contribution in [0.3, 0.4) is 0 Å². The predicted octanol–water partition coefficient (Wildman–Crippen LogP) is 3.44. The van der Waals surface area contributed by atoms with E-state index in [0.717, 1.165) is 12.3 Å². The number of ketones is 1. The van der Waals surface area contributed by atoms with E-state index in [9.17, 15) is 13.4 Å². The van der Waals surface area contributed by atoms with Crippen LogP contribution in [0.5, 0.6) is 0 Å². The van der Waals surface area contributed by atoms with Gasteiger partial charge in [0.1, 0.15) is 39.1 Å².